The molecule has 5 nitrogen and oxygen atoms in total. The summed E-state index contributed by atoms with van der Waals surface area (Å²) in [6, 6.07) is 7.83. The first-order chi connectivity index (χ1) is 11.0. The molecule has 23 heavy (non-hydrogen) atoms. The van der Waals surface area contributed by atoms with E-state index in [1.807, 2.05) is 38.1 Å². The molecule has 1 aromatic carbocycles. The van der Waals surface area contributed by atoms with Gasteiger partial charge in [0.15, 0.2) is 0 Å². The highest BCUT2D eigenvalue weighted by Gasteiger charge is 2.33. The van der Waals surface area contributed by atoms with Gasteiger partial charge in [0.25, 0.3) is 0 Å². The molecular weight excluding hydrogens is 294 g/mol. The monoisotopic (exact) mass is 319 g/mol. The van der Waals surface area contributed by atoms with Gasteiger partial charge in [-0.15, -0.1) is 0 Å². The SMILES string of the molecule is CC(C)Oc1ccccc1CCNC(=O)[C@H]1CC[C@@H](C(=O)O)C1. The van der Waals surface area contributed by atoms with Crippen LogP contribution in [0.25, 0.3) is 0 Å². The lowest BCUT2D eigenvalue weighted by Gasteiger charge is -2.15. The lowest BCUT2D eigenvalue weighted by atomic mass is 10.0. The van der Waals surface area contributed by atoms with E-state index in [9.17, 15) is 9.59 Å². The highest BCUT2D eigenvalue weighted by molar-refractivity contribution is 5.80. The molecule has 0 heterocycles. The van der Waals surface area contributed by atoms with Crippen LogP contribution in [0.5, 0.6) is 5.75 Å². The molecule has 0 aliphatic heterocycles. The van der Waals surface area contributed by atoms with Crippen LogP contribution in [0.3, 0.4) is 0 Å². The van der Waals surface area contributed by atoms with E-state index in [0.717, 1.165) is 11.3 Å². The average molecular weight is 319 g/mol. The highest BCUT2D eigenvalue weighted by atomic mass is 16.5. The zero-order valence-electron chi connectivity index (χ0n) is 13.7. The Bertz CT molecular complexity index is 556. The molecule has 0 aromatic heterocycles. The summed E-state index contributed by atoms with van der Waals surface area (Å²) in [6.45, 7) is 4.50. The Morgan fingerprint density at radius 3 is 2.61 bits per heavy atom. The Morgan fingerprint density at radius 1 is 1.26 bits per heavy atom. The van der Waals surface area contributed by atoms with Gasteiger partial charge in [-0.05, 0) is 51.2 Å². The lowest BCUT2D eigenvalue weighted by molar-refractivity contribution is -0.141. The second-order valence-electron chi connectivity index (χ2n) is 6.36. The smallest absolute Gasteiger partial charge is 0.306 e. The van der Waals surface area contributed by atoms with Crippen molar-refractivity contribution in [3.8, 4) is 5.75 Å². The number of carbonyl (C=O) groups excluding carboxylic acids is 1. The fourth-order valence-corrected chi connectivity index (χ4v) is 2.99. The summed E-state index contributed by atoms with van der Waals surface area (Å²) < 4.78 is 5.77. The van der Waals surface area contributed by atoms with Crippen LogP contribution in [0, 0.1) is 11.8 Å². The van der Waals surface area contributed by atoms with Crippen molar-refractivity contribution in [2.24, 2.45) is 11.8 Å². The van der Waals surface area contributed by atoms with Crippen LogP contribution in [0.15, 0.2) is 24.3 Å². The molecule has 1 aliphatic carbocycles. The molecule has 1 saturated carbocycles. The van der Waals surface area contributed by atoms with Gasteiger partial charge in [0.05, 0.1) is 12.0 Å². The lowest BCUT2D eigenvalue weighted by Crippen LogP contribution is -2.31. The number of carboxylic acids is 1. The number of hydrogen-bond acceptors (Lipinski definition) is 3. The summed E-state index contributed by atoms with van der Waals surface area (Å²) in [7, 11) is 0. The van der Waals surface area contributed by atoms with E-state index < -0.39 is 5.97 Å². The fraction of sp³-hybridized carbons (Fsp3) is 0.556. The number of hydrogen-bond donors (Lipinski definition) is 2. The Morgan fingerprint density at radius 2 is 1.96 bits per heavy atom. The summed E-state index contributed by atoms with van der Waals surface area (Å²) in [5, 5.41) is 11.9. The maximum atomic E-state index is 12.1. The molecule has 0 radical (unpaired) electrons. The summed E-state index contributed by atoms with van der Waals surface area (Å²) in [4.78, 5) is 23.1. The Balaban J connectivity index is 1.81. The number of aliphatic carboxylic acids is 1. The second-order valence-corrected chi connectivity index (χ2v) is 6.36. The van der Waals surface area contributed by atoms with Crippen LogP contribution in [0.2, 0.25) is 0 Å². The van der Waals surface area contributed by atoms with Gasteiger partial charge in [-0.2, -0.15) is 0 Å². The minimum atomic E-state index is -0.792. The fourth-order valence-electron chi connectivity index (χ4n) is 2.99. The topological polar surface area (TPSA) is 75.6 Å². The van der Waals surface area contributed by atoms with E-state index in [1.54, 1.807) is 0 Å². The van der Waals surface area contributed by atoms with Crippen LogP contribution in [-0.2, 0) is 16.0 Å². The normalized spacial score (nSPS) is 20.5. The molecule has 0 saturated heterocycles. The molecule has 1 aliphatic rings. The quantitative estimate of drug-likeness (QED) is 0.810. The molecule has 0 bridgehead atoms. The average Bonchev–Trinajstić information content (AvgIpc) is 2.98. The molecule has 1 aromatic rings. The van der Waals surface area contributed by atoms with Crippen LogP contribution in [0.4, 0.5) is 0 Å². The van der Waals surface area contributed by atoms with Crippen molar-refractivity contribution in [1.82, 2.24) is 5.32 Å². The maximum absolute atomic E-state index is 12.1. The van der Waals surface area contributed by atoms with E-state index >= 15 is 0 Å². The van der Waals surface area contributed by atoms with Crippen molar-refractivity contribution in [3.05, 3.63) is 29.8 Å². The van der Waals surface area contributed by atoms with Crippen molar-refractivity contribution >= 4 is 11.9 Å². The van der Waals surface area contributed by atoms with E-state index in [-0.39, 0.29) is 23.8 Å². The number of rotatable bonds is 7. The molecule has 2 rings (SSSR count). The summed E-state index contributed by atoms with van der Waals surface area (Å²) >= 11 is 0. The molecule has 126 valence electrons. The molecular formula is C18H25NO4. The third-order valence-electron chi connectivity index (χ3n) is 4.18. The standard InChI is InChI=1S/C18H25NO4/c1-12(2)23-16-6-4-3-5-13(16)9-10-19-17(20)14-7-8-15(11-14)18(21)22/h3-6,12,14-15H,7-11H2,1-2H3,(H,19,20)(H,21,22)/t14-,15+/m0/s1. The van der Waals surface area contributed by atoms with Crippen molar-refractivity contribution in [3.63, 3.8) is 0 Å². The number of nitrogens with one attached hydrogen (secondary N) is 1. The first kappa shape index (κ1) is 17.3. The van der Waals surface area contributed by atoms with Crippen molar-refractivity contribution in [1.29, 1.82) is 0 Å². The van der Waals surface area contributed by atoms with Gasteiger partial charge < -0.3 is 15.2 Å². The second kappa shape index (κ2) is 7.99. The van der Waals surface area contributed by atoms with Gasteiger partial charge >= 0.3 is 5.97 Å². The van der Waals surface area contributed by atoms with Gasteiger partial charge in [0.1, 0.15) is 5.75 Å². The first-order valence-corrected chi connectivity index (χ1v) is 8.22. The first-order valence-electron chi connectivity index (χ1n) is 8.22. The third kappa shape index (κ3) is 4.98. The molecule has 5 heteroatoms. The molecule has 2 atom stereocenters. The van der Waals surface area contributed by atoms with Gasteiger partial charge in [0, 0.05) is 12.5 Å². The predicted molar refractivity (Wildman–Crippen MR) is 87.4 cm³/mol. The van der Waals surface area contributed by atoms with Gasteiger partial charge in [-0.25, -0.2) is 0 Å². The maximum Gasteiger partial charge on any atom is 0.306 e. The van der Waals surface area contributed by atoms with Crippen molar-refractivity contribution < 1.29 is 19.4 Å². The zero-order valence-corrected chi connectivity index (χ0v) is 13.7. The number of benzene rings is 1. The van der Waals surface area contributed by atoms with Gasteiger partial charge in [-0.1, -0.05) is 18.2 Å². The van der Waals surface area contributed by atoms with Crippen LogP contribution in [-0.4, -0.2) is 29.6 Å². The molecule has 0 unspecified atom stereocenters. The molecule has 2 N–H and O–H groups in total. The van der Waals surface area contributed by atoms with Crippen molar-refractivity contribution in [2.75, 3.05) is 6.54 Å². The number of amides is 1. The molecule has 1 amide bonds. The number of carbonyl (C=O) groups is 2. The van der Waals surface area contributed by atoms with Gasteiger partial charge in [-0.3, -0.25) is 9.59 Å². The summed E-state index contributed by atoms with van der Waals surface area (Å²) in [6.07, 6.45) is 2.52. The Hall–Kier alpha value is -2.04. The minimum absolute atomic E-state index is 0.0315. The van der Waals surface area contributed by atoms with E-state index in [0.29, 0.717) is 32.2 Å². The van der Waals surface area contributed by atoms with Crippen LogP contribution < -0.4 is 10.1 Å². The number of ether oxygens (including phenoxy) is 1. The highest BCUT2D eigenvalue weighted by Crippen LogP contribution is 2.31. The van der Waals surface area contributed by atoms with Crippen molar-refractivity contribution in [2.45, 2.75) is 45.6 Å². The van der Waals surface area contributed by atoms with E-state index in [4.69, 9.17) is 9.84 Å². The number of para-hydroxylation sites is 1. The zero-order chi connectivity index (χ0) is 16.8. The predicted octanol–water partition coefficient (Wildman–Crippen LogP) is 2.63. The Kier molecular flexibility index (Phi) is 6.02. The largest absolute Gasteiger partial charge is 0.491 e. The number of carboxylic acid groups (broad SMARTS) is 1. The van der Waals surface area contributed by atoms with Crippen LogP contribution in [0.1, 0.15) is 38.7 Å². The van der Waals surface area contributed by atoms with Gasteiger partial charge in [0.2, 0.25) is 5.91 Å². The summed E-state index contributed by atoms with van der Waals surface area (Å²) in [5.74, 6) is -0.510. The van der Waals surface area contributed by atoms with Crippen LogP contribution >= 0.6 is 0 Å². The third-order valence-corrected chi connectivity index (χ3v) is 4.18. The Labute approximate surface area is 137 Å². The van der Waals surface area contributed by atoms with E-state index in [1.165, 1.54) is 0 Å². The summed E-state index contributed by atoms with van der Waals surface area (Å²) in [5.41, 5.74) is 1.07. The van der Waals surface area contributed by atoms with E-state index in [2.05, 4.69) is 5.32 Å². The molecule has 0 spiro atoms. The minimum Gasteiger partial charge on any atom is -0.491 e. The molecule has 1 fully saturated rings.